The van der Waals surface area contributed by atoms with E-state index in [1.165, 1.54) is 16.5 Å². The second kappa shape index (κ2) is 7.72. The number of hydrogen-bond acceptors (Lipinski definition) is 2. The first kappa shape index (κ1) is 17.5. The lowest BCUT2D eigenvalue weighted by atomic mass is 10.1. The summed E-state index contributed by atoms with van der Waals surface area (Å²) in [5.41, 5.74) is 8.82. The molecule has 0 aliphatic carbocycles. The van der Waals surface area contributed by atoms with E-state index in [0.717, 1.165) is 17.1 Å². The van der Waals surface area contributed by atoms with Crippen molar-refractivity contribution in [1.29, 1.82) is 0 Å². The molecule has 0 saturated heterocycles. The molecule has 0 bridgehead atoms. The van der Waals surface area contributed by atoms with Gasteiger partial charge in [-0.2, -0.15) is 0 Å². The zero-order valence-corrected chi connectivity index (χ0v) is 15.0. The predicted molar refractivity (Wildman–Crippen MR) is 102 cm³/mol. The number of primary amides is 1. The lowest BCUT2D eigenvalue weighted by molar-refractivity contribution is -0.118. The fourth-order valence-electron chi connectivity index (χ4n) is 3.01. The number of hydrogen-bond donors (Lipinski definition) is 2. The van der Waals surface area contributed by atoms with Gasteiger partial charge in [-0.25, -0.2) is 0 Å². The Morgan fingerprint density at radius 2 is 1.92 bits per heavy atom. The van der Waals surface area contributed by atoms with Crippen LogP contribution in [0.1, 0.15) is 30.5 Å². The third kappa shape index (κ3) is 4.21. The molecule has 1 atom stereocenters. The highest BCUT2D eigenvalue weighted by Gasteiger charge is 2.11. The normalized spacial score (nSPS) is 12.4. The highest BCUT2D eigenvalue weighted by molar-refractivity contribution is 6.30. The fourth-order valence-corrected chi connectivity index (χ4v) is 3.14. The van der Waals surface area contributed by atoms with E-state index in [1.807, 2.05) is 36.4 Å². The fraction of sp³-hybridized carbons (Fsp3) is 0.250. The van der Waals surface area contributed by atoms with E-state index in [9.17, 15) is 4.79 Å². The van der Waals surface area contributed by atoms with Gasteiger partial charge in [0.25, 0.3) is 0 Å². The molecule has 2 aromatic carbocycles. The quantitative estimate of drug-likeness (QED) is 0.672. The molecule has 0 aliphatic rings. The Morgan fingerprint density at radius 1 is 1.20 bits per heavy atom. The van der Waals surface area contributed by atoms with Gasteiger partial charge < -0.3 is 15.6 Å². The molecular formula is C20H22ClN3O. The molecule has 0 fully saturated rings. The van der Waals surface area contributed by atoms with Crippen molar-refractivity contribution in [3.05, 3.63) is 70.9 Å². The topological polar surface area (TPSA) is 60.1 Å². The van der Waals surface area contributed by atoms with Crippen molar-refractivity contribution < 1.29 is 4.79 Å². The summed E-state index contributed by atoms with van der Waals surface area (Å²) >= 11 is 5.95. The Kier molecular flexibility index (Phi) is 5.41. The molecule has 5 heteroatoms. The summed E-state index contributed by atoms with van der Waals surface area (Å²) in [6.45, 7) is 3.48. The number of carbonyl (C=O) groups is 1. The number of amides is 1. The lowest BCUT2D eigenvalue weighted by Crippen LogP contribution is -2.18. The van der Waals surface area contributed by atoms with Crippen LogP contribution < -0.4 is 11.1 Å². The first-order valence-corrected chi connectivity index (χ1v) is 8.76. The molecule has 4 nitrogen and oxygen atoms in total. The van der Waals surface area contributed by atoms with Crippen LogP contribution in [0.3, 0.4) is 0 Å². The first-order chi connectivity index (χ1) is 12.0. The summed E-state index contributed by atoms with van der Waals surface area (Å²) in [7, 11) is 0. The first-order valence-electron chi connectivity index (χ1n) is 8.38. The molecule has 3 rings (SSSR count). The summed E-state index contributed by atoms with van der Waals surface area (Å²) in [4.78, 5) is 11.1. The second-order valence-corrected chi connectivity index (χ2v) is 6.67. The Hall–Kier alpha value is -2.30. The molecule has 3 aromatic rings. The van der Waals surface area contributed by atoms with Crippen LogP contribution >= 0.6 is 11.6 Å². The molecule has 25 heavy (non-hydrogen) atoms. The van der Waals surface area contributed by atoms with Gasteiger partial charge in [0.2, 0.25) is 5.91 Å². The van der Waals surface area contributed by atoms with Crippen LogP contribution in [0.15, 0.2) is 54.7 Å². The van der Waals surface area contributed by atoms with Gasteiger partial charge in [-0.15, -0.1) is 0 Å². The number of fused-ring (bicyclic) bond motifs is 1. The summed E-state index contributed by atoms with van der Waals surface area (Å²) < 4.78 is 2.10. The van der Waals surface area contributed by atoms with Gasteiger partial charge in [0.15, 0.2) is 0 Å². The van der Waals surface area contributed by atoms with Crippen molar-refractivity contribution in [2.24, 2.45) is 5.73 Å². The van der Waals surface area contributed by atoms with Gasteiger partial charge in [-0.05, 0) is 36.2 Å². The Bertz CT molecular complexity index is 870. The average molecular weight is 356 g/mol. The van der Waals surface area contributed by atoms with Crippen molar-refractivity contribution in [3.8, 4) is 0 Å². The Balaban J connectivity index is 1.76. The maximum absolute atomic E-state index is 11.1. The highest BCUT2D eigenvalue weighted by Crippen LogP contribution is 2.23. The molecule has 3 N–H and O–H groups in total. The van der Waals surface area contributed by atoms with E-state index < -0.39 is 0 Å². The van der Waals surface area contributed by atoms with Crippen LogP contribution in [0.4, 0.5) is 0 Å². The van der Waals surface area contributed by atoms with Crippen LogP contribution in [0.2, 0.25) is 5.02 Å². The van der Waals surface area contributed by atoms with Crippen LogP contribution in [-0.4, -0.2) is 10.5 Å². The van der Waals surface area contributed by atoms with E-state index in [-0.39, 0.29) is 11.9 Å². The SMILES string of the molecule is C[C@@H](NCc1cn(CCC(N)=O)c2ccccc12)c1ccc(Cl)cc1. The number of nitrogens with one attached hydrogen (secondary N) is 1. The minimum absolute atomic E-state index is 0.213. The lowest BCUT2D eigenvalue weighted by Gasteiger charge is -2.14. The highest BCUT2D eigenvalue weighted by atomic mass is 35.5. The van der Waals surface area contributed by atoms with Gasteiger partial charge in [-0.3, -0.25) is 4.79 Å². The summed E-state index contributed by atoms with van der Waals surface area (Å²) in [6.07, 6.45) is 2.45. The van der Waals surface area contributed by atoms with Gasteiger partial charge in [0.1, 0.15) is 0 Å². The molecule has 0 radical (unpaired) electrons. The Labute approximate surface area is 152 Å². The number of halogens is 1. The molecule has 1 aromatic heterocycles. The standard InChI is InChI=1S/C20H22ClN3O/c1-14(15-6-8-17(21)9-7-15)23-12-16-13-24(11-10-20(22)25)19-5-3-2-4-18(16)19/h2-9,13-14,23H,10-12H2,1H3,(H2,22,25)/t14-/m1/s1. The third-order valence-electron chi connectivity index (χ3n) is 4.44. The van der Waals surface area contributed by atoms with Crippen molar-refractivity contribution in [1.82, 2.24) is 9.88 Å². The van der Waals surface area contributed by atoms with Crippen LogP contribution in [0.5, 0.6) is 0 Å². The average Bonchev–Trinajstić information content (AvgIpc) is 2.96. The van der Waals surface area contributed by atoms with Crippen molar-refractivity contribution in [2.75, 3.05) is 0 Å². The number of nitrogens with zero attached hydrogens (tertiary/aromatic N) is 1. The molecule has 0 unspecified atom stereocenters. The molecule has 0 aliphatic heterocycles. The predicted octanol–water partition coefficient (Wildman–Crippen LogP) is 4.02. The van der Waals surface area contributed by atoms with E-state index in [2.05, 4.69) is 35.1 Å². The van der Waals surface area contributed by atoms with Crippen LogP contribution in [0.25, 0.3) is 10.9 Å². The molecular weight excluding hydrogens is 334 g/mol. The van der Waals surface area contributed by atoms with Crippen molar-refractivity contribution >= 4 is 28.4 Å². The van der Waals surface area contributed by atoms with E-state index in [4.69, 9.17) is 17.3 Å². The van der Waals surface area contributed by atoms with E-state index in [1.54, 1.807) is 0 Å². The number of para-hydroxylation sites is 1. The maximum atomic E-state index is 11.1. The largest absolute Gasteiger partial charge is 0.370 e. The Morgan fingerprint density at radius 3 is 2.64 bits per heavy atom. The summed E-state index contributed by atoms with van der Waals surface area (Å²) in [5, 5.41) is 5.50. The molecule has 1 amide bonds. The van der Waals surface area contributed by atoms with Crippen LogP contribution in [0, 0.1) is 0 Å². The van der Waals surface area contributed by atoms with Gasteiger partial charge in [0, 0.05) is 47.7 Å². The number of aryl methyl sites for hydroxylation is 1. The summed E-state index contributed by atoms with van der Waals surface area (Å²) in [5.74, 6) is -0.284. The minimum Gasteiger partial charge on any atom is -0.370 e. The number of rotatable bonds is 7. The van der Waals surface area contributed by atoms with E-state index in [0.29, 0.717) is 13.0 Å². The smallest absolute Gasteiger partial charge is 0.219 e. The zero-order chi connectivity index (χ0) is 17.8. The zero-order valence-electron chi connectivity index (χ0n) is 14.2. The van der Waals surface area contributed by atoms with Gasteiger partial charge in [0.05, 0.1) is 0 Å². The molecule has 0 saturated carbocycles. The van der Waals surface area contributed by atoms with Gasteiger partial charge in [-0.1, -0.05) is 41.9 Å². The third-order valence-corrected chi connectivity index (χ3v) is 4.69. The van der Waals surface area contributed by atoms with E-state index >= 15 is 0 Å². The molecule has 0 spiro atoms. The maximum Gasteiger partial charge on any atom is 0.219 e. The van der Waals surface area contributed by atoms with Crippen LogP contribution in [-0.2, 0) is 17.9 Å². The number of nitrogens with two attached hydrogens (primary N) is 1. The summed E-state index contributed by atoms with van der Waals surface area (Å²) in [6, 6.07) is 16.3. The number of carbonyl (C=O) groups excluding carboxylic acids is 1. The monoisotopic (exact) mass is 355 g/mol. The minimum atomic E-state index is -0.284. The van der Waals surface area contributed by atoms with Crippen molar-refractivity contribution in [3.63, 3.8) is 0 Å². The second-order valence-electron chi connectivity index (χ2n) is 6.24. The van der Waals surface area contributed by atoms with Gasteiger partial charge >= 0.3 is 0 Å². The molecule has 130 valence electrons. The molecule has 1 heterocycles. The van der Waals surface area contributed by atoms with Crippen molar-refractivity contribution in [2.45, 2.75) is 32.5 Å². The number of aromatic nitrogens is 1. The number of benzene rings is 2.